The fourth-order valence-corrected chi connectivity index (χ4v) is 2.18. The van der Waals surface area contributed by atoms with Crippen LogP contribution in [0.25, 0.3) is 0 Å². The summed E-state index contributed by atoms with van der Waals surface area (Å²) in [6.45, 7) is 10.1. The van der Waals surface area contributed by atoms with Crippen LogP contribution in [0.15, 0.2) is 24.3 Å². The lowest BCUT2D eigenvalue weighted by atomic mass is 9.78. The predicted octanol–water partition coefficient (Wildman–Crippen LogP) is 2.97. The molecule has 3 nitrogen and oxygen atoms in total. The van der Waals surface area contributed by atoms with E-state index in [9.17, 15) is 4.79 Å². The summed E-state index contributed by atoms with van der Waals surface area (Å²) in [6, 6.07) is 7.56. The Kier molecular flexibility index (Phi) is 4.08. The van der Waals surface area contributed by atoms with E-state index in [0.717, 1.165) is 17.4 Å². The van der Waals surface area contributed by atoms with E-state index in [4.69, 9.17) is 9.31 Å². The molecular weight excluding hydrogens is 251 g/mol. The minimum atomic E-state index is -0.365. The van der Waals surface area contributed by atoms with Crippen LogP contribution in [0.2, 0.25) is 0 Å². The van der Waals surface area contributed by atoms with Crippen LogP contribution >= 0.6 is 0 Å². The summed E-state index contributed by atoms with van der Waals surface area (Å²) in [7, 11) is -0.365. The Morgan fingerprint density at radius 3 is 2.00 bits per heavy atom. The third-order valence-electron chi connectivity index (χ3n) is 4.24. The van der Waals surface area contributed by atoms with Gasteiger partial charge in [-0.1, -0.05) is 31.2 Å². The van der Waals surface area contributed by atoms with Crippen molar-refractivity contribution in [3.8, 4) is 0 Å². The number of carbonyl (C=O) groups excluding carboxylic acids is 1. The van der Waals surface area contributed by atoms with Gasteiger partial charge in [-0.25, -0.2) is 0 Å². The summed E-state index contributed by atoms with van der Waals surface area (Å²) in [5.41, 5.74) is 1.03. The minimum Gasteiger partial charge on any atom is -0.399 e. The Balaban J connectivity index is 2.14. The minimum absolute atomic E-state index is 0.188. The van der Waals surface area contributed by atoms with Crippen molar-refractivity contribution in [3.63, 3.8) is 0 Å². The standard InChI is InChI=1S/C16H23BO3/c1-6-7-14(18)12-8-10-13(11-9-12)17-19-15(2,3)16(4,5)20-17/h8-11H,6-7H2,1-5H3. The monoisotopic (exact) mass is 274 g/mol. The van der Waals surface area contributed by atoms with Gasteiger partial charge in [0.15, 0.2) is 5.78 Å². The number of benzene rings is 1. The maximum absolute atomic E-state index is 11.8. The lowest BCUT2D eigenvalue weighted by Crippen LogP contribution is -2.41. The molecule has 0 aliphatic carbocycles. The Bertz CT molecular complexity index is 475. The second kappa shape index (κ2) is 5.34. The number of Topliss-reactive ketones (excluding diaryl/α,β-unsaturated/α-hetero) is 1. The predicted molar refractivity (Wildman–Crippen MR) is 81.4 cm³/mol. The van der Waals surface area contributed by atoms with Crippen LogP contribution in [-0.4, -0.2) is 24.1 Å². The number of hydrogen-bond donors (Lipinski definition) is 0. The van der Waals surface area contributed by atoms with Gasteiger partial charge in [-0.05, 0) is 39.6 Å². The maximum atomic E-state index is 11.8. The highest BCUT2D eigenvalue weighted by Gasteiger charge is 2.51. The summed E-state index contributed by atoms with van der Waals surface area (Å²) in [5.74, 6) is 0.188. The van der Waals surface area contributed by atoms with Crippen molar-refractivity contribution >= 4 is 18.4 Å². The summed E-state index contributed by atoms with van der Waals surface area (Å²) < 4.78 is 12.0. The van der Waals surface area contributed by atoms with E-state index in [-0.39, 0.29) is 24.1 Å². The summed E-state index contributed by atoms with van der Waals surface area (Å²) in [4.78, 5) is 11.8. The van der Waals surface area contributed by atoms with Gasteiger partial charge in [0.05, 0.1) is 11.2 Å². The number of hydrogen-bond acceptors (Lipinski definition) is 3. The first kappa shape index (κ1) is 15.3. The molecule has 1 aliphatic rings. The first-order valence-corrected chi connectivity index (χ1v) is 7.25. The number of rotatable bonds is 4. The van der Waals surface area contributed by atoms with Crippen LogP contribution in [0.3, 0.4) is 0 Å². The van der Waals surface area contributed by atoms with Gasteiger partial charge >= 0.3 is 7.12 Å². The smallest absolute Gasteiger partial charge is 0.399 e. The molecule has 0 bridgehead atoms. The van der Waals surface area contributed by atoms with Gasteiger partial charge in [-0.15, -0.1) is 0 Å². The van der Waals surface area contributed by atoms with Crippen molar-refractivity contribution in [2.75, 3.05) is 0 Å². The Hall–Kier alpha value is -1.13. The van der Waals surface area contributed by atoms with Gasteiger partial charge in [-0.3, -0.25) is 4.79 Å². The molecule has 1 aromatic carbocycles. The molecule has 0 saturated carbocycles. The van der Waals surface area contributed by atoms with E-state index in [0.29, 0.717) is 6.42 Å². The normalized spacial score (nSPS) is 20.1. The van der Waals surface area contributed by atoms with Crippen molar-refractivity contribution in [3.05, 3.63) is 29.8 Å². The molecule has 0 unspecified atom stereocenters. The second-order valence-electron chi connectivity index (χ2n) is 6.38. The lowest BCUT2D eigenvalue weighted by molar-refractivity contribution is 0.00578. The zero-order valence-electron chi connectivity index (χ0n) is 13.0. The quantitative estimate of drug-likeness (QED) is 0.625. The molecule has 4 heteroatoms. The van der Waals surface area contributed by atoms with Crippen molar-refractivity contribution < 1.29 is 14.1 Å². The van der Waals surface area contributed by atoms with Crippen molar-refractivity contribution in [1.29, 1.82) is 0 Å². The second-order valence-corrected chi connectivity index (χ2v) is 6.38. The van der Waals surface area contributed by atoms with Crippen LogP contribution in [0, 0.1) is 0 Å². The summed E-state index contributed by atoms with van der Waals surface area (Å²) in [5, 5.41) is 0. The van der Waals surface area contributed by atoms with Crippen molar-refractivity contribution in [2.24, 2.45) is 0 Å². The molecule has 0 amide bonds. The van der Waals surface area contributed by atoms with Gasteiger partial charge in [0.25, 0.3) is 0 Å². The molecule has 1 saturated heterocycles. The molecule has 20 heavy (non-hydrogen) atoms. The molecule has 1 fully saturated rings. The highest BCUT2D eigenvalue weighted by Crippen LogP contribution is 2.36. The first-order valence-electron chi connectivity index (χ1n) is 7.25. The fraction of sp³-hybridized carbons (Fsp3) is 0.562. The average Bonchev–Trinajstić information content (AvgIpc) is 2.59. The third-order valence-corrected chi connectivity index (χ3v) is 4.24. The Morgan fingerprint density at radius 2 is 1.55 bits per heavy atom. The van der Waals surface area contributed by atoms with E-state index in [1.54, 1.807) is 0 Å². The summed E-state index contributed by atoms with van der Waals surface area (Å²) in [6.07, 6.45) is 1.47. The number of carbonyl (C=O) groups is 1. The Labute approximate surface area is 121 Å². The molecule has 0 spiro atoms. The maximum Gasteiger partial charge on any atom is 0.494 e. The molecule has 1 heterocycles. The molecular formula is C16H23BO3. The van der Waals surface area contributed by atoms with Gasteiger partial charge in [-0.2, -0.15) is 0 Å². The zero-order valence-corrected chi connectivity index (χ0v) is 13.0. The summed E-state index contributed by atoms with van der Waals surface area (Å²) >= 11 is 0. The highest BCUT2D eigenvalue weighted by molar-refractivity contribution is 6.62. The highest BCUT2D eigenvalue weighted by atomic mass is 16.7. The Morgan fingerprint density at radius 1 is 1.05 bits per heavy atom. The van der Waals surface area contributed by atoms with Crippen LogP contribution in [-0.2, 0) is 9.31 Å². The molecule has 2 rings (SSSR count). The van der Waals surface area contributed by atoms with Crippen molar-refractivity contribution in [2.45, 2.75) is 58.7 Å². The molecule has 0 atom stereocenters. The van der Waals surface area contributed by atoms with E-state index in [1.165, 1.54) is 0 Å². The van der Waals surface area contributed by atoms with E-state index >= 15 is 0 Å². The molecule has 0 aromatic heterocycles. The number of ketones is 1. The van der Waals surface area contributed by atoms with Crippen LogP contribution < -0.4 is 5.46 Å². The van der Waals surface area contributed by atoms with E-state index < -0.39 is 0 Å². The van der Waals surface area contributed by atoms with Gasteiger partial charge in [0, 0.05) is 12.0 Å². The SMILES string of the molecule is CCCC(=O)c1ccc(B2OC(C)(C)C(C)(C)O2)cc1. The van der Waals surface area contributed by atoms with Crippen LogP contribution in [0.4, 0.5) is 0 Å². The van der Waals surface area contributed by atoms with Gasteiger partial charge in [0.2, 0.25) is 0 Å². The molecule has 0 N–H and O–H groups in total. The fourth-order valence-electron chi connectivity index (χ4n) is 2.18. The molecule has 1 aromatic rings. The molecule has 1 aliphatic heterocycles. The zero-order chi connectivity index (χ0) is 15.0. The molecule has 0 radical (unpaired) electrons. The average molecular weight is 274 g/mol. The van der Waals surface area contributed by atoms with E-state index in [1.807, 2.05) is 58.9 Å². The van der Waals surface area contributed by atoms with Crippen LogP contribution in [0.5, 0.6) is 0 Å². The van der Waals surface area contributed by atoms with Gasteiger partial charge in [0.1, 0.15) is 0 Å². The third kappa shape index (κ3) is 2.81. The van der Waals surface area contributed by atoms with E-state index in [2.05, 4.69) is 0 Å². The first-order chi connectivity index (χ1) is 9.27. The molecule has 108 valence electrons. The topological polar surface area (TPSA) is 35.5 Å². The van der Waals surface area contributed by atoms with Gasteiger partial charge < -0.3 is 9.31 Å². The largest absolute Gasteiger partial charge is 0.494 e. The lowest BCUT2D eigenvalue weighted by Gasteiger charge is -2.32. The van der Waals surface area contributed by atoms with Crippen molar-refractivity contribution in [1.82, 2.24) is 0 Å². The van der Waals surface area contributed by atoms with Crippen LogP contribution in [0.1, 0.15) is 57.8 Å².